The second-order valence-corrected chi connectivity index (χ2v) is 8.60. The minimum atomic E-state index is -0.454. The number of thiophene rings is 1. The number of carbonyl (C=O) groups excluding carboxylic acids is 3. The first-order chi connectivity index (χ1) is 17.5. The molecule has 36 heavy (non-hydrogen) atoms. The number of ether oxygens (including phenoxy) is 1. The van der Waals surface area contributed by atoms with Gasteiger partial charge in [-0.15, -0.1) is 11.3 Å². The highest BCUT2D eigenvalue weighted by atomic mass is 32.1. The lowest BCUT2D eigenvalue weighted by molar-refractivity contribution is -0.116. The third-order valence-corrected chi connectivity index (χ3v) is 6.37. The Labute approximate surface area is 209 Å². The fraction of sp³-hybridized carbons (Fsp3) is 0.0800. The summed E-state index contributed by atoms with van der Waals surface area (Å²) in [5.74, 6) is 0.898. The van der Waals surface area contributed by atoms with Gasteiger partial charge in [0.05, 0.1) is 23.0 Å². The summed E-state index contributed by atoms with van der Waals surface area (Å²) in [5.41, 5.74) is 0.965. The van der Waals surface area contributed by atoms with Gasteiger partial charge in [0.2, 0.25) is 5.91 Å². The van der Waals surface area contributed by atoms with Crippen LogP contribution in [-0.4, -0.2) is 40.9 Å². The summed E-state index contributed by atoms with van der Waals surface area (Å²) >= 11 is 1.17. The van der Waals surface area contributed by atoms with E-state index in [9.17, 15) is 14.4 Å². The van der Waals surface area contributed by atoms with Crippen LogP contribution < -0.4 is 25.6 Å². The number of rotatable bonds is 8. The van der Waals surface area contributed by atoms with Gasteiger partial charge in [-0.25, -0.2) is 19.7 Å². The van der Waals surface area contributed by atoms with E-state index in [0.717, 1.165) is 6.08 Å². The Bertz CT molecular complexity index is 1470. The average Bonchev–Trinajstić information content (AvgIpc) is 3.27. The molecule has 5 rings (SSSR count). The Morgan fingerprint density at radius 2 is 1.86 bits per heavy atom. The fourth-order valence-corrected chi connectivity index (χ4v) is 4.71. The van der Waals surface area contributed by atoms with Crippen LogP contribution in [0.5, 0.6) is 11.5 Å². The lowest BCUT2D eigenvalue weighted by Crippen LogP contribution is -2.36. The number of hydrogen-bond donors (Lipinski definition) is 3. The highest BCUT2D eigenvalue weighted by Crippen LogP contribution is 2.45. The molecule has 0 saturated carbocycles. The van der Waals surface area contributed by atoms with Gasteiger partial charge >= 0.3 is 6.03 Å². The molecule has 180 valence electrons. The normalized spacial score (nSPS) is 12.1. The Morgan fingerprint density at radius 3 is 2.61 bits per heavy atom. The lowest BCUT2D eigenvalue weighted by atomic mass is 10.1. The topological polar surface area (TPSA) is 126 Å². The van der Waals surface area contributed by atoms with Crippen molar-refractivity contribution >= 4 is 56.6 Å². The molecule has 0 atom stereocenters. The number of benzene rings is 1. The number of hydrogen-bond acceptors (Lipinski definition) is 7. The van der Waals surface area contributed by atoms with Crippen molar-refractivity contribution in [3.8, 4) is 11.5 Å². The average molecular weight is 501 g/mol. The first-order valence-corrected chi connectivity index (χ1v) is 11.8. The van der Waals surface area contributed by atoms with Gasteiger partial charge in [-0.3, -0.25) is 9.59 Å². The second kappa shape index (κ2) is 9.84. The maximum Gasteiger partial charge on any atom is 0.332 e. The van der Waals surface area contributed by atoms with Crippen molar-refractivity contribution in [3.05, 3.63) is 78.5 Å². The number of para-hydroxylation sites is 1. The van der Waals surface area contributed by atoms with Gasteiger partial charge in [0.15, 0.2) is 0 Å². The molecular weight excluding hydrogens is 480 g/mol. The fourth-order valence-electron chi connectivity index (χ4n) is 3.68. The Balaban J connectivity index is 1.39. The molecule has 11 heteroatoms. The van der Waals surface area contributed by atoms with Gasteiger partial charge in [-0.2, -0.15) is 0 Å². The summed E-state index contributed by atoms with van der Waals surface area (Å²) in [5, 5.41) is 8.80. The van der Waals surface area contributed by atoms with E-state index < -0.39 is 6.03 Å². The molecule has 0 bridgehead atoms. The molecule has 4 amide bonds. The summed E-state index contributed by atoms with van der Waals surface area (Å²) in [6.07, 6.45) is 4.29. The number of aromatic nitrogens is 2. The van der Waals surface area contributed by atoms with E-state index in [4.69, 9.17) is 4.74 Å². The Morgan fingerprint density at radius 1 is 1.06 bits per heavy atom. The van der Waals surface area contributed by atoms with Gasteiger partial charge < -0.3 is 20.7 Å². The number of nitrogens with zero attached hydrogens (tertiary/aromatic N) is 3. The summed E-state index contributed by atoms with van der Waals surface area (Å²) in [7, 11) is 0. The van der Waals surface area contributed by atoms with Gasteiger partial charge in [0, 0.05) is 19.3 Å². The highest BCUT2D eigenvalue weighted by molar-refractivity contribution is 7.21. The van der Waals surface area contributed by atoms with Crippen molar-refractivity contribution in [2.24, 2.45) is 0 Å². The van der Waals surface area contributed by atoms with Crippen molar-refractivity contribution in [2.75, 3.05) is 23.3 Å². The van der Waals surface area contributed by atoms with Crippen LogP contribution in [0.2, 0.25) is 0 Å². The Kier molecular flexibility index (Phi) is 6.29. The molecule has 0 aliphatic carbocycles. The van der Waals surface area contributed by atoms with Crippen LogP contribution in [0.25, 0.3) is 10.2 Å². The predicted molar refractivity (Wildman–Crippen MR) is 137 cm³/mol. The number of amides is 4. The molecular formula is C25H20N6O4S. The zero-order valence-electron chi connectivity index (χ0n) is 18.9. The number of pyridine rings is 2. The third kappa shape index (κ3) is 4.46. The first-order valence-electron chi connectivity index (χ1n) is 10.9. The molecule has 1 aliphatic rings. The maximum atomic E-state index is 13.2. The van der Waals surface area contributed by atoms with Crippen molar-refractivity contribution < 1.29 is 19.1 Å². The van der Waals surface area contributed by atoms with E-state index in [1.807, 2.05) is 30.3 Å². The van der Waals surface area contributed by atoms with Crippen LogP contribution in [0.4, 0.5) is 22.0 Å². The van der Waals surface area contributed by atoms with Gasteiger partial charge in [0.25, 0.3) is 5.91 Å². The summed E-state index contributed by atoms with van der Waals surface area (Å²) in [6.45, 7) is 3.84. The van der Waals surface area contributed by atoms with E-state index >= 15 is 0 Å². The van der Waals surface area contributed by atoms with E-state index in [1.54, 1.807) is 30.6 Å². The van der Waals surface area contributed by atoms with Crippen molar-refractivity contribution in [1.82, 2.24) is 20.6 Å². The number of nitrogens with one attached hydrogen (secondary N) is 3. The van der Waals surface area contributed by atoms with Crippen LogP contribution in [0.15, 0.2) is 73.6 Å². The summed E-state index contributed by atoms with van der Waals surface area (Å²) in [6, 6.07) is 14.0. The van der Waals surface area contributed by atoms with Crippen molar-refractivity contribution in [2.45, 2.75) is 0 Å². The smallest absolute Gasteiger partial charge is 0.332 e. The predicted octanol–water partition coefficient (Wildman–Crippen LogP) is 4.20. The quantitative estimate of drug-likeness (QED) is 0.246. The standard InChI is InChI=1S/C25H20N6O4S/c1-2-19(32)26-12-13-27-23(33)22-21-20-17(10-11-28-24(20)36-22)31(25(34)30-21)18-9-8-16(14-29-18)35-15-6-4-3-5-7-15/h2-11,14H,1,12-13H2,(H,26,32)(H,27,33)(H,30,34). The highest BCUT2D eigenvalue weighted by Gasteiger charge is 2.33. The number of urea groups is 1. The summed E-state index contributed by atoms with van der Waals surface area (Å²) < 4.78 is 5.79. The molecule has 3 aromatic heterocycles. The molecule has 1 aromatic carbocycles. The third-order valence-electron chi connectivity index (χ3n) is 5.28. The van der Waals surface area contributed by atoms with Gasteiger partial charge in [-0.1, -0.05) is 24.8 Å². The molecule has 4 aromatic rings. The molecule has 10 nitrogen and oxygen atoms in total. The number of anilines is 3. The molecule has 0 unspecified atom stereocenters. The minimum Gasteiger partial charge on any atom is -0.456 e. The van der Waals surface area contributed by atoms with E-state index in [-0.39, 0.29) is 24.9 Å². The minimum absolute atomic E-state index is 0.216. The molecule has 3 N–H and O–H groups in total. The lowest BCUT2D eigenvalue weighted by Gasteiger charge is -2.27. The molecule has 0 saturated heterocycles. The van der Waals surface area contributed by atoms with Gasteiger partial charge in [-0.05, 0) is 36.4 Å². The van der Waals surface area contributed by atoms with Crippen molar-refractivity contribution in [3.63, 3.8) is 0 Å². The second-order valence-electron chi connectivity index (χ2n) is 7.60. The van der Waals surface area contributed by atoms with E-state index in [0.29, 0.717) is 43.8 Å². The first kappa shape index (κ1) is 23.0. The van der Waals surface area contributed by atoms with Crippen LogP contribution in [0.3, 0.4) is 0 Å². The molecule has 0 fully saturated rings. The molecule has 0 radical (unpaired) electrons. The monoisotopic (exact) mass is 500 g/mol. The van der Waals surface area contributed by atoms with E-state index in [2.05, 4.69) is 32.5 Å². The zero-order valence-corrected chi connectivity index (χ0v) is 19.7. The van der Waals surface area contributed by atoms with Crippen LogP contribution in [0, 0.1) is 0 Å². The number of carbonyl (C=O) groups is 3. The summed E-state index contributed by atoms with van der Waals surface area (Å²) in [4.78, 5) is 48.4. The maximum absolute atomic E-state index is 13.2. The van der Waals surface area contributed by atoms with Crippen LogP contribution in [0.1, 0.15) is 9.67 Å². The van der Waals surface area contributed by atoms with E-state index in [1.165, 1.54) is 16.2 Å². The zero-order chi connectivity index (χ0) is 25.1. The van der Waals surface area contributed by atoms with Crippen LogP contribution >= 0.6 is 11.3 Å². The van der Waals surface area contributed by atoms with Crippen molar-refractivity contribution in [1.29, 1.82) is 0 Å². The van der Waals surface area contributed by atoms with Crippen LogP contribution in [-0.2, 0) is 4.79 Å². The molecule has 4 heterocycles. The molecule has 1 aliphatic heterocycles. The largest absolute Gasteiger partial charge is 0.456 e. The SMILES string of the molecule is C=CC(=O)NCCNC(=O)c1sc2nccc3c2c1NC(=O)N3c1ccc(Oc2ccccc2)cn1. The molecule has 0 spiro atoms. The Hall–Kier alpha value is -4.77. The van der Waals surface area contributed by atoms with Gasteiger partial charge in [0.1, 0.15) is 27.0 Å².